The number of nitrogens with zero attached hydrogens (tertiary/aromatic N) is 1. The molecule has 7 heteroatoms. The largest absolute Gasteiger partial charge is 0.347 e. The third-order valence-corrected chi connectivity index (χ3v) is 4.42. The summed E-state index contributed by atoms with van der Waals surface area (Å²) in [6.45, 7) is 5.10. The molecular weight excluding hydrogens is 266 g/mol. The molecule has 0 saturated carbocycles. The van der Waals surface area contributed by atoms with Gasteiger partial charge in [0.25, 0.3) is 5.91 Å². The van der Waals surface area contributed by atoms with Crippen LogP contribution in [0.2, 0.25) is 0 Å². The van der Waals surface area contributed by atoms with Gasteiger partial charge in [-0.1, -0.05) is 18.3 Å². The van der Waals surface area contributed by atoms with Gasteiger partial charge in [0.15, 0.2) is 0 Å². The van der Waals surface area contributed by atoms with Crippen molar-refractivity contribution in [2.45, 2.75) is 32.4 Å². The van der Waals surface area contributed by atoms with Crippen LogP contribution >= 0.6 is 11.3 Å². The summed E-state index contributed by atoms with van der Waals surface area (Å²) in [5, 5.41) is 18.4. The highest BCUT2D eigenvalue weighted by Crippen LogP contribution is 2.23. The predicted molar refractivity (Wildman–Crippen MR) is 73.5 cm³/mol. The Bertz CT molecular complexity index is 478. The summed E-state index contributed by atoms with van der Waals surface area (Å²) in [4.78, 5) is 22.2. The Balaban J connectivity index is 2.05. The minimum absolute atomic E-state index is 0.00647. The van der Waals surface area contributed by atoms with Gasteiger partial charge in [-0.15, -0.1) is 0 Å². The first kappa shape index (κ1) is 14.0. The summed E-state index contributed by atoms with van der Waals surface area (Å²) in [6, 6.07) is 1.59. The lowest BCUT2D eigenvalue weighted by molar-refractivity contribution is -0.380. The third kappa shape index (κ3) is 3.10. The number of carbonyl (C=O) groups excluding carboxylic acids is 1. The van der Waals surface area contributed by atoms with Crippen LogP contribution in [-0.4, -0.2) is 29.5 Å². The van der Waals surface area contributed by atoms with Crippen LogP contribution in [-0.2, 0) is 0 Å². The van der Waals surface area contributed by atoms with E-state index < -0.39 is 4.92 Å². The molecule has 0 aliphatic carbocycles. The van der Waals surface area contributed by atoms with Crippen LogP contribution in [0.3, 0.4) is 0 Å². The van der Waals surface area contributed by atoms with Crippen molar-refractivity contribution in [2.24, 2.45) is 5.92 Å². The van der Waals surface area contributed by atoms with Crippen LogP contribution in [0.25, 0.3) is 0 Å². The van der Waals surface area contributed by atoms with E-state index >= 15 is 0 Å². The van der Waals surface area contributed by atoms with E-state index in [1.54, 1.807) is 0 Å². The molecule has 1 aromatic heterocycles. The Morgan fingerprint density at radius 2 is 2.32 bits per heavy atom. The molecule has 6 nitrogen and oxygen atoms in total. The lowest BCUT2D eigenvalue weighted by atomic mass is 9.89. The standard InChI is InChI=1S/C12H17N3O3S/c1-7-3-4-13-8(2)11(7)14-12(16)9-5-10(15(17)18)19-6-9/h5-8,11,13H,3-4H2,1-2H3,(H,14,16). The second kappa shape index (κ2) is 5.66. The van der Waals surface area contributed by atoms with Crippen LogP contribution in [0.5, 0.6) is 0 Å². The van der Waals surface area contributed by atoms with Crippen molar-refractivity contribution < 1.29 is 9.72 Å². The summed E-state index contributed by atoms with van der Waals surface area (Å²) in [6.07, 6.45) is 1.01. The average Bonchev–Trinajstić information content (AvgIpc) is 2.83. The first-order valence-electron chi connectivity index (χ1n) is 6.26. The summed E-state index contributed by atoms with van der Waals surface area (Å²) in [5.41, 5.74) is 0.363. The molecule has 3 atom stereocenters. The fourth-order valence-corrected chi connectivity index (χ4v) is 3.08. The fourth-order valence-electron chi connectivity index (χ4n) is 2.38. The molecule has 1 aliphatic rings. The van der Waals surface area contributed by atoms with E-state index in [2.05, 4.69) is 17.6 Å². The number of hydrogen-bond donors (Lipinski definition) is 2. The van der Waals surface area contributed by atoms with E-state index in [1.807, 2.05) is 6.92 Å². The number of carbonyl (C=O) groups is 1. The van der Waals surface area contributed by atoms with Crippen molar-refractivity contribution >= 4 is 22.2 Å². The maximum absolute atomic E-state index is 12.1. The van der Waals surface area contributed by atoms with E-state index in [4.69, 9.17) is 0 Å². The van der Waals surface area contributed by atoms with E-state index in [1.165, 1.54) is 11.4 Å². The maximum atomic E-state index is 12.1. The van der Waals surface area contributed by atoms with Gasteiger partial charge in [0.2, 0.25) is 0 Å². The van der Waals surface area contributed by atoms with Crippen molar-refractivity contribution in [1.82, 2.24) is 10.6 Å². The zero-order chi connectivity index (χ0) is 14.0. The van der Waals surface area contributed by atoms with Crippen molar-refractivity contribution in [2.75, 3.05) is 6.54 Å². The lowest BCUT2D eigenvalue weighted by Gasteiger charge is -2.35. The van der Waals surface area contributed by atoms with Gasteiger partial charge >= 0.3 is 5.00 Å². The first-order chi connectivity index (χ1) is 8.99. The summed E-state index contributed by atoms with van der Waals surface area (Å²) in [5.74, 6) is 0.158. The van der Waals surface area contributed by atoms with E-state index in [0.717, 1.165) is 24.3 Å². The monoisotopic (exact) mass is 283 g/mol. The highest BCUT2D eigenvalue weighted by Gasteiger charge is 2.29. The van der Waals surface area contributed by atoms with Crippen LogP contribution in [0.1, 0.15) is 30.6 Å². The van der Waals surface area contributed by atoms with Crippen LogP contribution in [0, 0.1) is 16.0 Å². The predicted octanol–water partition coefficient (Wildman–Crippen LogP) is 1.77. The van der Waals surface area contributed by atoms with Gasteiger partial charge < -0.3 is 10.6 Å². The molecule has 1 aromatic rings. The van der Waals surface area contributed by atoms with Crippen molar-refractivity contribution in [3.63, 3.8) is 0 Å². The number of rotatable bonds is 3. The average molecular weight is 283 g/mol. The Morgan fingerprint density at radius 3 is 2.89 bits per heavy atom. The van der Waals surface area contributed by atoms with Crippen molar-refractivity contribution in [3.8, 4) is 0 Å². The number of nitro groups is 1. The second-order valence-corrected chi connectivity index (χ2v) is 5.83. The molecule has 0 spiro atoms. The Kier molecular flexibility index (Phi) is 4.16. The van der Waals surface area contributed by atoms with Gasteiger partial charge in [-0.05, 0) is 25.8 Å². The molecule has 1 aliphatic heterocycles. The zero-order valence-electron chi connectivity index (χ0n) is 10.9. The molecule has 0 bridgehead atoms. The van der Waals surface area contributed by atoms with E-state index in [-0.39, 0.29) is 23.0 Å². The number of hydrogen-bond acceptors (Lipinski definition) is 5. The quantitative estimate of drug-likeness (QED) is 0.654. The third-order valence-electron chi connectivity index (χ3n) is 3.54. The molecule has 2 heterocycles. The lowest BCUT2D eigenvalue weighted by Crippen LogP contribution is -2.55. The summed E-state index contributed by atoms with van der Waals surface area (Å²) >= 11 is 0.974. The molecular formula is C12H17N3O3S. The first-order valence-corrected chi connectivity index (χ1v) is 7.14. The van der Waals surface area contributed by atoms with Gasteiger partial charge in [0, 0.05) is 23.5 Å². The molecule has 1 saturated heterocycles. The number of nitrogens with one attached hydrogen (secondary N) is 2. The van der Waals surface area contributed by atoms with Gasteiger partial charge in [-0.25, -0.2) is 0 Å². The van der Waals surface area contributed by atoms with Crippen molar-refractivity contribution in [1.29, 1.82) is 0 Å². The molecule has 1 amide bonds. The van der Waals surface area contributed by atoms with Crippen molar-refractivity contribution in [3.05, 3.63) is 27.1 Å². The second-order valence-electron chi connectivity index (χ2n) is 4.94. The summed E-state index contributed by atoms with van der Waals surface area (Å²) < 4.78 is 0. The highest BCUT2D eigenvalue weighted by molar-refractivity contribution is 7.13. The molecule has 104 valence electrons. The number of amides is 1. The molecule has 2 N–H and O–H groups in total. The Hall–Kier alpha value is -1.47. The van der Waals surface area contributed by atoms with Gasteiger partial charge in [0.1, 0.15) is 0 Å². The zero-order valence-corrected chi connectivity index (χ0v) is 11.7. The molecule has 19 heavy (non-hydrogen) atoms. The molecule has 0 radical (unpaired) electrons. The highest BCUT2D eigenvalue weighted by atomic mass is 32.1. The van der Waals surface area contributed by atoms with E-state index in [9.17, 15) is 14.9 Å². The molecule has 1 fully saturated rings. The molecule has 2 rings (SSSR count). The topological polar surface area (TPSA) is 84.3 Å². The minimum Gasteiger partial charge on any atom is -0.347 e. The SMILES string of the molecule is CC1CCNC(C)C1NC(=O)c1csc([N+](=O)[O-])c1. The molecule has 0 aromatic carbocycles. The van der Waals surface area contributed by atoms with Crippen LogP contribution in [0.4, 0.5) is 5.00 Å². The van der Waals surface area contributed by atoms with E-state index in [0.29, 0.717) is 11.5 Å². The van der Waals surface area contributed by atoms with Crippen LogP contribution < -0.4 is 10.6 Å². The fraction of sp³-hybridized carbons (Fsp3) is 0.583. The normalized spacial score (nSPS) is 26.9. The van der Waals surface area contributed by atoms with Crippen LogP contribution in [0.15, 0.2) is 11.4 Å². The van der Waals surface area contributed by atoms with Gasteiger partial charge in [-0.3, -0.25) is 14.9 Å². The number of piperidine rings is 1. The smallest absolute Gasteiger partial charge is 0.324 e. The Labute approximate surface area is 115 Å². The summed E-state index contributed by atoms with van der Waals surface area (Å²) in [7, 11) is 0. The molecule has 3 unspecified atom stereocenters. The number of thiophene rings is 1. The minimum atomic E-state index is -0.477. The van der Waals surface area contributed by atoms with Gasteiger partial charge in [-0.2, -0.15) is 0 Å². The Morgan fingerprint density at radius 1 is 1.58 bits per heavy atom. The van der Waals surface area contributed by atoms with Gasteiger partial charge in [0.05, 0.1) is 10.5 Å². The maximum Gasteiger partial charge on any atom is 0.324 e.